The van der Waals surface area contributed by atoms with E-state index < -0.39 is 22.0 Å². The number of hydrogen-bond acceptors (Lipinski definition) is 5. The minimum atomic E-state index is -3.89. The van der Waals surface area contributed by atoms with Crippen molar-refractivity contribution in [2.45, 2.75) is 24.3 Å². The van der Waals surface area contributed by atoms with Crippen LogP contribution in [0.5, 0.6) is 11.5 Å². The quantitative estimate of drug-likeness (QED) is 0.678. The molecule has 2 aromatic rings. The highest BCUT2D eigenvalue weighted by Gasteiger charge is 2.23. The van der Waals surface area contributed by atoms with Gasteiger partial charge in [0.15, 0.2) is 11.5 Å². The summed E-state index contributed by atoms with van der Waals surface area (Å²) in [5.74, 6) is 0.318. The molecule has 0 aliphatic heterocycles. The SMILES string of the molecule is COc1ccc(S(=O)(=O)N[C@H](C)C(=O)NCCc2ccccc2)cc1OC. The number of carbonyl (C=O) groups is 1. The van der Waals surface area contributed by atoms with Crippen molar-refractivity contribution in [3.05, 3.63) is 54.1 Å². The molecule has 0 heterocycles. The fourth-order valence-corrected chi connectivity index (χ4v) is 3.68. The lowest BCUT2D eigenvalue weighted by atomic mass is 10.1. The monoisotopic (exact) mass is 392 g/mol. The van der Waals surface area contributed by atoms with Crippen molar-refractivity contribution >= 4 is 15.9 Å². The molecule has 146 valence electrons. The zero-order valence-corrected chi connectivity index (χ0v) is 16.4. The van der Waals surface area contributed by atoms with E-state index in [1.165, 1.54) is 39.3 Å². The van der Waals surface area contributed by atoms with Crippen LogP contribution >= 0.6 is 0 Å². The van der Waals surface area contributed by atoms with Crippen molar-refractivity contribution in [2.24, 2.45) is 0 Å². The van der Waals surface area contributed by atoms with Gasteiger partial charge >= 0.3 is 0 Å². The van der Waals surface area contributed by atoms with Crippen LogP contribution in [0, 0.1) is 0 Å². The van der Waals surface area contributed by atoms with Gasteiger partial charge in [-0.2, -0.15) is 4.72 Å². The molecule has 0 aliphatic carbocycles. The second-order valence-corrected chi connectivity index (χ2v) is 7.60. The molecule has 0 radical (unpaired) electrons. The van der Waals surface area contributed by atoms with Crippen LogP contribution in [0.3, 0.4) is 0 Å². The van der Waals surface area contributed by atoms with Gasteiger partial charge in [-0.25, -0.2) is 8.42 Å². The van der Waals surface area contributed by atoms with Crippen LogP contribution in [-0.4, -0.2) is 41.1 Å². The number of amides is 1. The maximum Gasteiger partial charge on any atom is 0.241 e. The van der Waals surface area contributed by atoms with Crippen molar-refractivity contribution in [1.82, 2.24) is 10.0 Å². The average molecular weight is 392 g/mol. The standard InChI is InChI=1S/C19H24N2O5S/c1-14(19(22)20-12-11-15-7-5-4-6-8-15)21-27(23,24)16-9-10-17(25-2)18(13-16)26-3/h4-10,13-14,21H,11-12H2,1-3H3,(H,20,22)/t14-/m1/s1. The largest absolute Gasteiger partial charge is 0.493 e. The van der Waals surface area contributed by atoms with Crippen LogP contribution in [0.2, 0.25) is 0 Å². The van der Waals surface area contributed by atoms with Crippen LogP contribution in [0.15, 0.2) is 53.4 Å². The van der Waals surface area contributed by atoms with E-state index in [0.717, 1.165) is 5.56 Å². The Labute approximate surface area is 159 Å². The summed E-state index contributed by atoms with van der Waals surface area (Å²) in [5, 5.41) is 2.74. The summed E-state index contributed by atoms with van der Waals surface area (Å²) >= 11 is 0. The molecule has 0 spiro atoms. The highest BCUT2D eigenvalue weighted by Crippen LogP contribution is 2.29. The molecular weight excluding hydrogens is 368 g/mol. The van der Waals surface area contributed by atoms with Crippen molar-refractivity contribution in [3.8, 4) is 11.5 Å². The smallest absolute Gasteiger partial charge is 0.241 e. The van der Waals surface area contributed by atoms with Gasteiger partial charge in [0.2, 0.25) is 15.9 Å². The normalized spacial score (nSPS) is 12.3. The van der Waals surface area contributed by atoms with Gasteiger partial charge in [-0.1, -0.05) is 30.3 Å². The van der Waals surface area contributed by atoms with Gasteiger partial charge in [0.25, 0.3) is 0 Å². The van der Waals surface area contributed by atoms with Crippen molar-refractivity contribution in [3.63, 3.8) is 0 Å². The number of methoxy groups -OCH3 is 2. The Bertz CT molecular complexity index is 869. The van der Waals surface area contributed by atoms with E-state index in [1.807, 2.05) is 30.3 Å². The van der Waals surface area contributed by atoms with E-state index in [0.29, 0.717) is 24.5 Å². The molecule has 0 fully saturated rings. The van der Waals surface area contributed by atoms with Gasteiger partial charge < -0.3 is 14.8 Å². The Morgan fingerprint density at radius 2 is 1.70 bits per heavy atom. The molecule has 0 saturated carbocycles. The van der Waals surface area contributed by atoms with Gasteiger partial charge in [0, 0.05) is 12.6 Å². The predicted molar refractivity (Wildman–Crippen MR) is 102 cm³/mol. The first-order valence-corrected chi connectivity index (χ1v) is 9.91. The molecule has 2 N–H and O–H groups in total. The number of benzene rings is 2. The predicted octanol–water partition coefficient (Wildman–Crippen LogP) is 1.73. The molecule has 27 heavy (non-hydrogen) atoms. The molecule has 0 aromatic heterocycles. The van der Waals surface area contributed by atoms with Crippen LogP contribution < -0.4 is 19.5 Å². The fraction of sp³-hybridized carbons (Fsp3) is 0.316. The summed E-state index contributed by atoms with van der Waals surface area (Å²) < 4.78 is 37.6. The molecule has 2 aromatic carbocycles. The lowest BCUT2D eigenvalue weighted by Crippen LogP contribution is -2.45. The summed E-state index contributed by atoms with van der Waals surface area (Å²) in [5.41, 5.74) is 1.09. The van der Waals surface area contributed by atoms with E-state index in [-0.39, 0.29) is 4.90 Å². The zero-order chi connectivity index (χ0) is 19.9. The molecule has 0 aliphatic rings. The number of nitrogens with one attached hydrogen (secondary N) is 2. The summed E-state index contributed by atoms with van der Waals surface area (Å²) in [7, 11) is -1.00. The third-order valence-corrected chi connectivity index (χ3v) is 5.48. The Morgan fingerprint density at radius 1 is 1.04 bits per heavy atom. The lowest BCUT2D eigenvalue weighted by molar-refractivity contribution is -0.122. The summed E-state index contributed by atoms with van der Waals surface area (Å²) in [4.78, 5) is 12.2. The first-order chi connectivity index (χ1) is 12.9. The second-order valence-electron chi connectivity index (χ2n) is 5.89. The first kappa shape index (κ1) is 20.7. The number of hydrogen-bond donors (Lipinski definition) is 2. The molecule has 1 amide bonds. The minimum absolute atomic E-state index is 0.0101. The van der Waals surface area contributed by atoms with E-state index in [4.69, 9.17) is 9.47 Å². The Kier molecular flexibility index (Phi) is 7.20. The first-order valence-electron chi connectivity index (χ1n) is 8.43. The topological polar surface area (TPSA) is 93.7 Å². The van der Waals surface area contributed by atoms with Gasteiger partial charge in [-0.3, -0.25) is 4.79 Å². The molecule has 0 bridgehead atoms. The Balaban J connectivity index is 1.96. The second kappa shape index (κ2) is 9.38. The molecule has 1 atom stereocenters. The Morgan fingerprint density at radius 3 is 2.33 bits per heavy atom. The maximum atomic E-state index is 12.5. The zero-order valence-electron chi connectivity index (χ0n) is 15.6. The number of ether oxygens (including phenoxy) is 2. The Hall–Kier alpha value is -2.58. The summed E-state index contributed by atoms with van der Waals surface area (Å²) in [6.07, 6.45) is 0.668. The van der Waals surface area contributed by atoms with Crippen LogP contribution in [0.4, 0.5) is 0 Å². The van der Waals surface area contributed by atoms with E-state index in [2.05, 4.69) is 10.0 Å². The minimum Gasteiger partial charge on any atom is -0.493 e. The van der Waals surface area contributed by atoms with Gasteiger partial charge in [0.1, 0.15) is 0 Å². The third-order valence-electron chi connectivity index (χ3n) is 3.95. The van der Waals surface area contributed by atoms with E-state index in [1.54, 1.807) is 0 Å². The van der Waals surface area contributed by atoms with E-state index >= 15 is 0 Å². The number of sulfonamides is 1. The highest BCUT2D eigenvalue weighted by molar-refractivity contribution is 7.89. The van der Waals surface area contributed by atoms with Crippen molar-refractivity contribution in [1.29, 1.82) is 0 Å². The molecule has 7 nitrogen and oxygen atoms in total. The number of rotatable bonds is 9. The fourth-order valence-electron chi connectivity index (χ4n) is 2.47. The summed E-state index contributed by atoms with van der Waals surface area (Å²) in [6, 6.07) is 13.0. The highest BCUT2D eigenvalue weighted by atomic mass is 32.2. The number of carbonyl (C=O) groups excluding carboxylic acids is 1. The lowest BCUT2D eigenvalue weighted by Gasteiger charge is -2.15. The van der Waals surface area contributed by atoms with E-state index in [9.17, 15) is 13.2 Å². The molecule has 0 saturated heterocycles. The van der Waals surface area contributed by atoms with Crippen LogP contribution in [0.25, 0.3) is 0 Å². The van der Waals surface area contributed by atoms with Gasteiger partial charge in [0.05, 0.1) is 25.2 Å². The molecule has 2 rings (SSSR count). The third kappa shape index (κ3) is 5.70. The summed E-state index contributed by atoms with van der Waals surface area (Å²) in [6.45, 7) is 1.92. The van der Waals surface area contributed by atoms with Gasteiger partial charge in [-0.05, 0) is 31.0 Å². The van der Waals surface area contributed by atoms with Crippen LogP contribution in [0.1, 0.15) is 12.5 Å². The van der Waals surface area contributed by atoms with Crippen LogP contribution in [-0.2, 0) is 21.2 Å². The van der Waals surface area contributed by atoms with Gasteiger partial charge in [-0.15, -0.1) is 0 Å². The van der Waals surface area contributed by atoms with Crippen molar-refractivity contribution in [2.75, 3.05) is 20.8 Å². The molecule has 0 unspecified atom stereocenters. The maximum absolute atomic E-state index is 12.5. The van der Waals surface area contributed by atoms with Crippen molar-refractivity contribution < 1.29 is 22.7 Å². The molecule has 8 heteroatoms. The average Bonchev–Trinajstić information content (AvgIpc) is 2.67. The molecular formula is C19H24N2O5S.